The van der Waals surface area contributed by atoms with Gasteiger partial charge in [0.1, 0.15) is 11.3 Å². The molecule has 0 N–H and O–H groups in total. The quantitative estimate of drug-likeness (QED) is 0.786. The fourth-order valence-corrected chi connectivity index (χ4v) is 3.32. The molecule has 2 aliphatic heterocycles. The van der Waals surface area contributed by atoms with E-state index >= 15 is 0 Å². The normalized spacial score (nSPS) is 30.8. The van der Waals surface area contributed by atoms with Crippen molar-refractivity contribution >= 4 is 5.91 Å². The van der Waals surface area contributed by atoms with Crippen molar-refractivity contribution in [3.8, 4) is 0 Å². The zero-order valence-corrected chi connectivity index (χ0v) is 13.5. The fourth-order valence-electron chi connectivity index (χ4n) is 3.32. The Morgan fingerprint density at radius 3 is 2.67 bits per heavy atom. The van der Waals surface area contributed by atoms with E-state index in [-0.39, 0.29) is 23.7 Å². The Kier molecular flexibility index (Phi) is 4.29. The lowest BCUT2D eigenvalue weighted by Gasteiger charge is -2.45. The summed E-state index contributed by atoms with van der Waals surface area (Å²) >= 11 is 0. The van der Waals surface area contributed by atoms with E-state index < -0.39 is 17.5 Å². The molecule has 8 heteroatoms. The molecular weight excluding hydrogens is 325 g/mol. The van der Waals surface area contributed by atoms with Crippen LogP contribution < -0.4 is 0 Å². The van der Waals surface area contributed by atoms with E-state index in [1.807, 2.05) is 13.8 Å². The van der Waals surface area contributed by atoms with Crippen LogP contribution in [0, 0.1) is 0 Å². The molecule has 1 aromatic heterocycles. The zero-order valence-electron chi connectivity index (χ0n) is 13.5. The third-order valence-electron chi connectivity index (χ3n) is 4.59. The maximum Gasteiger partial charge on any atom is 0.433 e. The maximum atomic E-state index is 12.7. The standard InChI is InChI=1S/C16H19F3N2O3/c1-10-8-21(9-15(24-10)5-6-23-11(15)2)14(22)12-3-4-13(20-7-12)16(17,18)19/h3-4,7,10-11H,5-6,8-9H2,1-2H3/t10-,11-,15+/m1/s1. The number of halogens is 3. The average molecular weight is 344 g/mol. The zero-order chi connectivity index (χ0) is 17.5. The van der Waals surface area contributed by atoms with E-state index in [2.05, 4.69) is 4.98 Å². The third kappa shape index (κ3) is 3.12. The smallest absolute Gasteiger partial charge is 0.375 e. The third-order valence-corrected chi connectivity index (χ3v) is 4.59. The predicted molar refractivity (Wildman–Crippen MR) is 78.5 cm³/mol. The fraction of sp³-hybridized carbons (Fsp3) is 0.625. The van der Waals surface area contributed by atoms with Crippen molar-refractivity contribution < 1.29 is 27.4 Å². The molecule has 0 radical (unpaired) electrons. The Bertz CT molecular complexity index is 620. The molecule has 0 unspecified atom stereocenters. The molecule has 1 aromatic rings. The second-order valence-electron chi connectivity index (χ2n) is 6.37. The summed E-state index contributed by atoms with van der Waals surface area (Å²) < 4.78 is 49.4. The van der Waals surface area contributed by atoms with E-state index in [9.17, 15) is 18.0 Å². The molecule has 2 aliphatic rings. The molecule has 1 spiro atoms. The molecule has 24 heavy (non-hydrogen) atoms. The van der Waals surface area contributed by atoms with Crippen LogP contribution in [0.4, 0.5) is 13.2 Å². The van der Waals surface area contributed by atoms with Crippen LogP contribution in [0.15, 0.2) is 18.3 Å². The van der Waals surface area contributed by atoms with Gasteiger partial charge in [0.2, 0.25) is 0 Å². The van der Waals surface area contributed by atoms with Gasteiger partial charge in [-0.3, -0.25) is 9.78 Å². The monoisotopic (exact) mass is 344 g/mol. The number of rotatable bonds is 1. The second-order valence-corrected chi connectivity index (χ2v) is 6.37. The Balaban J connectivity index is 1.79. The number of carbonyl (C=O) groups excluding carboxylic acids is 1. The van der Waals surface area contributed by atoms with Crippen LogP contribution in [0.1, 0.15) is 36.3 Å². The average Bonchev–Trinajstić information content (AvgIpc) is 2.85. The van der Waals surface area contributed by atoms with Crippen molar-refractivity contribution in [2.24, 2.45) is 0 Å². The SMILES string of the molecule is C[C@@H]1CN(C(=O)c2ccc(C(F)(F)F)nc2)C[C@]2(CCO[C@@H]2C)O1. The number of pyridine rings is 1. The van der Waals surface area contributed by atoms with Gasteiger partial charge < -0.3 is 14.4 Å². The Morgan fingerprint density at radius 1 is 1.38 bits per heavy atom. The van der Waals surface area contributed by atoms with Crippen LogP contribution in [0.2, 0.25) is 0 Å². The Labute approximate surface area is 137 Å². The molecule has 0 saturated carbocycles. The van der Waals surface area contributed by atoms with Crippen molar-refractivity contribution in [1.82, 2.24) is 9.88 Å². The summed E-state index contributed by atoms with van der Waals surface area (Å²) in [5, 5.41) is 0. The molecule has 0 aromatic carbocycles. The summed E-state index contributed by atoms with van der Waals surface area (Å²) in [4.78, 5) is 17.6. The van der Waals surface area contributed by atoms with E-state index in [1.165, 1.54) is 6.07 Å². The van der Waals surface area contributed by atoms with Crippen LogP contribution in [0.3, 0.4) is 0 Å². The van der Waals surface area contributed by atoms with E-state index in [4.69, 9.17) is 9.47 Å². The Morgan fingerprint density at radius 2 is 2.12 bits per heavy atom. The number of morpholine rings is 1. The highest BCUT2D eigenvalue weighted by molar-refractivity contribution is 5.94. The number of ether oxygens (including phenoxy) is 2. The minimum atomic E-state index is -4.52. The molecule has 0 bridgehead atoms. The molecular formula is C16H19F3N2O3. The summed E-state index contributed by atoms with van der Waals surface area (Å²) in [6.45, 7) is 5.09. The highest BCUT2D eigenvalue weighted by Crippen LogP contribution is 2.35. The minimum Gasteiger partial charge on any atom is -0.375 e. The molecule has 3 heterocycles. The first-order valence-electron chi connectivity index (χ1n) is 7.83. The number of amides is 1. The highest BCUT2D eigenvalue weighted by atomic mass is 19.4. The van der Waals surface area contributed by atoms with Gasteiger partial charge in [-0.25, -0.2) is 0 Å². The molecule has 0 aliphatic carbocycles. The first-order valence-corrected chi connectivity index (χ1v) is 7.83. The lowest BCUT2D eigenvalue weighted by Crippen LogP contribution is -2.59. The van der Waals surface area contributed by atoms with Crippen LogP contribution in [-0.4, -0.2) is 53.3 Å². The molecule has 2 saturated heterocycles. The van der Waals surface area contributed by atoms with Gasteiger partial charge in [0.05, 0.1) is 24.3 Å². The summed E-state index contributed by atoms with van der Waals surface area (Å²) in [5.41, 5.74) is -1.42. The second kappa shape index (κ2) is 6.00. The number of hydrogen-bond acceptors (Lipinski definition) is 4. The number of nitrogens with zero attached hydrogens (tertiary/aromatic N) is 2. The summed E-state index contributed by atoms with van der Waals surface area (Å²) in [5.74, 6) is -0.343. The van der Waals surface area contributed by atoms with E-state index in [0.29, 0.717) is 26.1 Å². The van der Waals surface area contributed by atoms with Crippen molar-refractivity contribution in [1.29, 1.82) is 0 Å². The van der Waals surface area contributed by atoms with Crippen LogP contribution in [0.25, 0.3) is 0 Å². The number of aromatic nitrogens is 1. The number of alkyl halides is 3. The largest absolute Gasteiger partial charge is 0.433 e. The summed E-state index contributed by atoms with van der Waals surface area (Å²) in [6.07, 6.45) is -3.16. The van der Waals surface area contributed by atoms with Crippen molar-refractivity contribution in [2.75, 3.05) is 19.7 Å². The van der Waals surface area contributed by atoms with Gasteiger partial charge in [-0.15, -0.1) is 0 Å². The van der Waals surface area contributed by atoms with Crippen molar-refractivity contribution in [3.05, 3.63) is 29.6 Å². The topological polar surface area (TPSA) is 51.7 Å². The van der Waals surface area contributed by atoms with Gasteiger partial charge in [0.25, 0.3) is 5.91 Å². The van der Waals surface area contributed by atoms with Gasteiger partial charge in [0.15, 0.2) is 0 Å². The van der Waals surface area contributed by atoms with Gasteiger partial charge >= 0.3 is 6.18 Å². The van der Waals surface area contributed by atoms with E-state index in [1.54, 1.807) is 4.90 Å². The summed E-state index contributed by atoms with van der Waals surface area (Å²) in [6, 6.07) is 1.99. The van der Waals surface area contributed by atoms with Crippen LogP contribution >= 0.6 is 0 Å². The first-order chi connectivity index (χ1) is 11.2. The minimum absolute atomic E-state index is 0.138. The number of carbonyl (C=O) groups is 1. The highest BCUT2D eigenvalue weighted by Gasteiger charge is 2.48. The number of hydrogen-bond donors (Lipinski definition) is 0. The van der Waals surface area contributed by atoms with Gasteiger partial charge in [-0.05, 0) is 26.0 Å². The predicted octanol–water partition coefficient (Wildman–Crippen LogP) is 2.51. The van der Waals surface area contributed by atoms with Gasteiger partial charge in [-0.1, -0.05) is 0 Å². The summed E-state index contributed by atoms with van der Waals surface area (Å²) in [7, 11) is 0. The van der Waals surface area contributed by atoms with Crippen LogP contribution in [-0.2, 0) is 15.7 Å². The molecule has 2 fully saturated rings. The maximum absolute atomic E-state index is 12.7. The van der Waals surface area contributed by atoms with Gasteiger partial charge in [-0.2, -0.15) is 13.2 Å². The molecule has 132 valence electrons. The molecule has 3 atom stereocenters. The van der Waals surface area contributed by atoms with Crippen LogP contribution in [0.5, 0.6) is 0 Å². The van der Waals surface area contributed by atoms with Gasteiger partial charge in [0, 0.05) is 25.8 Å². The molecule has 1 amide bonds. The van der Waals surface area contributed by atoms with E-state index in [0.717, 1.165) is 12.3 Å². The molecule has 3 rings (SSSR count). The van der Waals surface area contributed by atoms with Crippen molar-refractivity contribution in [2.45, 2.75) is 44.3 Å². The van der Waals surface area contributed by atoms with Crippen molar-refractivity contribution in [3.63, 3.8) is 0 Å². The first kappa shape index (κ1) is 17.2. The lowest BCUT2D eigenvalue weighted by atomic mass is 9.92. The Hall–Kier alpha value is -1.67. The molecule has 5 nitrogen and oxygen atoms in total. The lowest BCUT2D eigenvalue weighted by molar-refractivity contribution is -0.160.